The molecular formula is C32H34I2N4O7. The Morgan fingerprint density at radius 1 is 1.07 bits per heavy atom. The smallest absolute Gasteiger partial charge is 0.337 e. The minimum atomic E-state index is -1.12. The van der Waals surface area contributed by atoms with Gasteiger partial charge in [0.15, 0.2) is 17.7 Å². The number of amides is 2. The third kappa shape index (κ3) is 9.23. The standard InChI is InChI=1S/C32H34I2N4O7/c1-5-43-26-14-22(29-28(31(40)42-4)19(3)36-32(41)37-29)9-10-25(26)44-17-27(39)38-35-15-21-12-23(33)30(24(34)13-21)45-16-20-8-6-7-18(2)11-20/h6-15,27,29,38-39H,5,16-17H2,1-4H3,(H2,36,37,41)/b35-15-/t27-,29-/m0/s1. The van der Waals surface area contributed by atoms with Crippen LogP contribution in [0.4, 0.5) is 4.79 Å². The molecule has 1 heterocycles. The van der Waals surface area contributed by atoms with Crippen LogP contribution in [0.5, 0.6) is 17.2 Å². The molecule has 1 aliphatic rings. The largest absolute Gasteiger partial charge is 0.490 e. The molecule has 238 valence electrons. The van der Waals surface area contributed by atoms with Gasteiger partial charge in [-0.05, 0) is 107 Å². The number of halogens is 2. The molecule has 0 spiro atoms. The number of nitrogens with zero attached hydrogens (tertiary/aromatic N) is 1. The number of aryl methyl sites for hydroxylation is 1. The van der Waals surface area contributed by atoms with Gasteiger partial charge in [0.05, 0.1) is 38.7 Å². The number of allylic oxidation sites excluding steroid dienone is 1. The molecular weight excluding hydrogens is 806 g/mol. The van der Waals surface area contributed by atoms with Crippen LogP contribution in [0.3, 0.4) is 0 Å². The van der Waals surface area contributed by atoms with E-state index in [0.29, 0.717) is 36.0 Å². The molecule has 4 rings (SSSR count). The number of hydrogen-bond acceptors (Lipinski definition) is 9. The number of aliphatic hydroxyl groups is 1. The first-order valence-corrected chi connectivity index (χ1v) is 16.2. The number of rotatable bonds is 13. The van der Waals surface area contributed by atoms with Crippen LogP contribution >= 0.6 is 45.2 Å². The van der Waals surface area contributed by atoms with E-state index < -0.39 is 24.3 Å². The number of esters is 1. The third-order valence-corrected chi connectivity index (χ3v) is 8.20. The number of hydrazone groups is 1. The number of urea groups is 1. The van der Waals surface area contributed by atoms with Gasteiger partial charge in [0.1, 0.15) is 19.0 Å². The van der Waals surface area contributed by atoms with Crippen LogP contribution in [0.15, 0.2) is 71.0 Å². The van der Waals surface area contributed by atoms with Gasteiger partial charge in [-0.15, -0.1) is 0 Å². The second-order valence-corrected chi connectivity index (χ2v) is 12.3. The van der Waals surface area contributed by atoms with E-state index in [0.717, 1.165) is 24.0 Å². The van der Waals surface area contributed by atoms with Gasteiger partial charge in [-0.25, -0.2) is 9.59 Å². The van der Waals surface area contributed by atoms with Crippen molar-refractivity contribution in [2.24, 2.45) is 5.10 Å². The summed E-state index contributed by atoms with van der Waals surface area (Å²) in [6.07, 6.45) is 0.491. The monoisotopic (exact) mass is 840 g/mol. The second kappa shape index (κ2) is 16.1. The molecule has 13 heteroatoms. The maximum absolute atomic E-state index is 12.5. The maximum atomic E-state index is 12.5. The minimum absolute atomic E-state index is 0.131. The number of methoxy groups -OCH3 is 1. The van der Waals surface area contributed by atoms with Crippen LogP contribution in [0, 0.1) is 14.1 Å². The number of ether oxygens (including phenoxy) is 4. The van der Waals surface area contributed by atoms with E-state index in [1.807, 2.05) is 31.2 Å². The topological polar surface area (TPSA) is 140 Å². The molecule has 4 N–H and O–H groups in total. The number of nitrogens with one attached hydrogen (secondary N) is 3. The first-order valence-electron chi connectivity index (χ1n) is 14.0. The van der Waals surface area contributed by atoms with E-state index >= 15 is 0 Å². The highest BCUT2D eigenvalue weighted by Gasteiger charge is 2.32. The van der Waals surface area contributed by atoms with Crippen LogP contribution in [0.1, 0.15) is 42.1 Å². The number of carbonyl (C=O) groups is 2. The highest BCUT2D eigenvalue weighted by molar-refractivity contribution is 14.1. The Morgan fingerprint density at radius 2 is 1.82 bits per heavy atom. The van der Waals surface area contributed by atoms with Crippen LogP contribution < -0.4 is 30.3 Å². The van der Waals surface area contributed by atoms with Gasteiger partial charge in [0, 0.05) is 5.70 Å². The molecule has 1 aliphatic heterocycles. The van der Waals surface area contributed by atoms with Crippen molar-refractivity contribution in [3.05, 3.63) is 95.3 Å². The Hall–Kier alpha value is -3.57. The highest BCUT2D eigenvalue weighted by atomic mass is 127. The van der Waals surface area contributed by atoms with Gasteiger partial charge in [-0.3, -0.25) is 5.43 Å². The zero-order valence-corrected chi connectivity index (χ0v) is 29.5. The summed E-state index contributed by atoms with van der Waals surface area (Å²) in [6.45, 7) is 6.20. The van der Waals surface area contributed by atoms with E-state index in [2.05, 4.69) is 85.4 Å². The minimum Gasteiger partial charge on any atom is -0.490 e. The van der Waals surface area contributed by atoms with Crippen molar-refractivity contribution in [3.8, 4) is 17.2 Å². The van der Waals surface area contributed by atoms with Crippen LogP contribution in [-0.4, -0.2) is 49.9 Å². The molecule has 11 nitrogen and oxygen atoms in total. The molecule has 2 atom stereocenters. The predicted octanol–water partition coefficient (Wildman–Crippen LogP) is 5.30. The summed E-state index contributed by atoms with van der Waals surface area (Å²) in [6, 6.07) is 16.0. The molecule has 0 saturated heterocycles. The molecule has 0 unspecified atom stereocenters. The van der Waals surface area contributed by atoms with E-state index in [-0.39, 0.29) is 12.2 Å². The normalized spacial score (nSPS) is 15.3. The predicted molar refractivity (Wildman–Crippen MR) is 186 cm³/mol. The van der Waals surface area contributed by atoms with Gasteiger partial charge in [-0.1, -0.05) is 35.9 Å². The lowest BCUT2D eigenvalue weighted by atomic mass is 9.95. The first kappa shape index (κ1) is 34.3. The Balaban J connectivity index is 1.37. The molecule has 2 amide bonds. The molecule has 0 aliphatic carbocycles. The second-order valence-electron chi connectivity index (χ2n) is 10.0. The lowest BCUT2D eigenvalue weighted by Gasteiger charge is -2.28. The summed E-state index contributed by atoms with van der Waals surface area (Å²) in [5, 5.41) is 20.0. The van der Waals surface area contributed by atoms with Crippen molar-refractivity contribution < 1.29 is 33.6 Å². The lowest BCUT2D eigenvalue weighted by Crippen LogP contribution is -2.45. The zero-order chi connectivity index (χ0) is 32.5. The summed E-state index contributed by atoms with van der Waals surface area (Å²) < 4.78 is 24.5. The van der Waals surface area contributed by atoms with Crippen LogP contribution in [0.25, 0.3) is 0 Å². The fourth-order valence-electron chi connectivity index (χ4n) is 4.57. The van der Waals surface area contributed by atoms with Crippen molar-refractivity contribution in [1.29, 1.82) is 0 Å². The van der Waals surface area contributed by atoms with Crippen LogP contribution in [-0.2, 0) is 16.1 Å². The van der Waals surface area contributed by atoms with Gasteiger partial charge in [0.25, 0.3) is 0 Å². The maximum Gasteiger partial charge on any atom is 0.337 e. The summed E-state index contributed by atoms with van der Waals surface area (Å²) in [7, 11) is 1.28. The Labute approximate surface area is 289 Å². The van der Waals surface area contributed by atoms with Gasteiger partial charge >= 0.3 is 12.0 Å². The summed E-state index contributed by atoms with van der Waals surface area (Å²) in [5.41, 5.74) is 7.07. The van der Waals surface area contributed by atoms with Crippen molar-refractivity contribution >= 4 is 63.4 Å². The van der Waals surface area contributed by atoms with E-state index in [1.165, 1.54) is 12.7 Å². The SMILES string of the molecule is CCOc1cc([C@@H]2NC(=O)NC(C)=C2C(=O)OC)ccc1OC[C@H](O)N/N=C\c1cc(I)c(OCc2cccc(C)c2)c(I)c1. The summed E-state index contributed by atoms with van der Waals surface area (Å²) in [5.74, 6) is 0.998. The Kier molecular flexibility index (Phi) is 12.3. The average Bonchev–Trinajstić information content (AvgIpc) is 2.99. The first-order chi connectivity index (χ1) is 21.6. The molecule has 3 aromatic rings. The van der Waals surface area contributed by atoms with E-state index in [9.17, 15) is 14.7 Å². The fraction of sp³-hybridized carbons (Fsp3) is 0.281. The third-order valence-electron chi connectivity index (χ3n) is 6.60. The fourth-order valence-corrected chi connectivity index (χ4v) is 6.70. The summed E-state index contributed by atoms with van der Waals surface area (Å²) >= 11 is 4.48. The van der Waals surface area contributed by atoms with Crippen LogP contribution in [0.2, 0.25) is 0 Å². The molecule has 0 saturated carbocycles. The molecule has 45 heavy (non-hydrogen) atoms. The number of benzene rings is 3. The molecule has 0 bridgehead atoms. The average molecular weight is 840 g/mol. The van der Waals surface area contributed by atoms with E-state index in [4.69, 9.17) is 18.9 Å². The summed E-state index contributed by atoms with van der Waals surface area (Å²) in [4.78, 5) is 24.6. The molecule has 0 aromatic heterocycles. The Morgan fingerprint density at radius 3 is 2.51 bits per heavy atom. The molecule has 0 radical (unpaired) electrons. The van der Waals surface area contributed by atoms with Crippen molar-refractivity contribution in [2.45, 2.75) is 39.6 Å². The van der Waals surface area contributed by atoms with Gasteiger partial charge < -0.3 is 34.7 Å². The Bertz CT molecular complexity index is 1590. The highest BCUT2D eigenvalue weighted by Crippen LogP contribution is 2.35. The van der Waals surface area contributed by atoms with Crippen molar-refractivity contribution in [2.75, 3.05) is 20.3 Å². The van der Waals surface area contributed by atoms with Crippen molar-refractivity contribution in [1.82, 2.24) is 16.1 Å². The quantitative estimate of drug-likeness (QED) is 0.0599. The van der Waals surface area contributed by atoms with Crippen molar-refractivity contribution in [3.63, 3.8) is 0 Å². The lowest BCUT2D eigenvalue weighted by molar-refractivity contribution is -0.136. The number of hydrogen-bond donors (Lipinski definition) is 4. The molecule has 3 aromatic carbocycles. The van der Waals surface area contributed by atoms with Gasteiger partial charge in [-0.2, -0.15) is 5.10 Å². The zero-order valence-electron chi connectivity index (χ0n) is 25.1. The number of aliphatic hydroxyl groups excluding tert-OH is 1. The molecule has 0 fully saturated rings. The van der Waals surface area contributed by atoms with E-state index in [1.54, 1.807) is 31.3 Å². The number of carbonyl (C=O) groups excluding carboxylic acids is 2. The van der Waals surface area contributed by atoms with Gasteiger partial charge in [0.2, 0.25) is 0 Å².